The molecule has 0 fully saturated rings. The number of rotatable bonds is 4. The van der Waals surface area contributed by atoms with Gasteiger partial charge in [-0.25, -0.2) is 4.39 Å². The van der Waals surface area contributed by atoms with E-state index in [0.717, 1.165) is 11.1 Å². The molecule has 1 nitrogen and oxygen atoms in total. The molecule has 0 unspecified atom stereocenters. The SMILES string of the molecule is Cc1ccccc1COc1cc(F)cc(CBr)c1. The standard InChI is InChI=1S/C15H14BrFO/c1-11-4-2-3-5-13(11)10-18-15-7-12(9-16)6-14(17)8-15/h2-8H,9-10H2,1H3. The first kappa shape index (κ1) is 13.1. The van der Waals surface area contributed by atoms with Gasteiger partial charge in [-0.2, -0.15) is 0 Å². The van der Waals surface area contributed by atoms with E-state index >= 15 is 0 Å². The van der Waals surface area contributed by atoms with Gasteiger partial charge in [0.1, 0.15) is 18.2 Å². The third kappa shape index (κ3) is 3.33. The first-order valence-corrected chi connectivity index (χ1v) is 6.84. The van der Waals surface area contributed by atoms with Crippen LogP contribution in [0.15, 0.2) is 42.5 Å². The molecule has 18 heavy (non-hydrogen) atoms. The van der Waals surface area contributed by atoms with Crippen LogP contribution in [0.2, 0.25) is 0 Å². The number of hydrogen-bond acceptors (Lipinski definition) is 1. The molecule has 2 aromatic rings. The van der Waals surface area contributed by atoms with Crippen molar-refractivity contribution >= 4 is 15.9 Å². The van der Waals surface area contributed by atoms with Gasteiger partial charge in [0.25, 0.3) is 0 Å². The van der Waals surface area contributed by atoms with E-state index in [9.17, 15) is 4.39 Å². The molecule has 0 heterocycles. The third-order valence-corrected chi connectivity index (χ3v) is 3.39. The molecule has 0 aliphatic rings. The number of aryl methyl sites for hydroxylation is 1. The average molecular weight is 309 g/mol. The summed E-state index contributed by atoms with van der Waals surface area (Å²) in [4.78, 5) is 0. The molecule has 0 saturated carbocycles. The predicted octanol–water partition coefficient (Wildman–Crippen LogP) is 4.61. The van der Waals surface area contributed by atoms with Crippen LogP contribution >= 0.6 is 15.9 Å². The molecule has 0 radical (unpaired) electrons. The van der Waals surface area contributed by atoms with Crippen molar-refractivity contribution in [3.05, 3.63) is 65.0 Å². The maximum absolute atomic E-state index is 13.3. The first-order chi connectivity index (χ1) is 8.69. The van der Waals surface area contributed by atoms with Gasteiger partial charge in [-0.15, -0.1) is 0 Å². The third-order valence-electron chi connectivity index (χ3n) is 2.74. The quantitative estimate of drug-likeness (QED) is 0.750. The maximum Gasteiger partial charge on any atom is 0.127 e. The average Bonchev–Trinajstić information content (AvgIpc) is 2.37. The fraction of sp³-hybridized carbons (Fsp3) is 0.200. The maximum atomic E-state index is 13.3. The van der Waals surface area contributed by atoms with E-state index in [0.29, 0.717) is 17.7 Å². The Kier molecular flexibility index (Phi) is 4.37. The number of alkyl halides is 1. The van der Waals surface area contributed by atoms with Gasteiger partial charge in [-0.3, -0.25) is 0 Å². The monoisotopic (exact) mass is 308 g/mol. The molecule has 2 aromatic carbocycles. The van der Waals surface area contributed by atoms with Crippen LogP contribution in [0.4, 0.5) is 4.39 Å². The van der Waals surface area contributed by atoms with Crippen molar-refractivity contribution in [2.45, 2.75) is 18.9 Å². The molecular weight excluding hydrogens is 295 g/mol. The van der Waals surface area contributed by atoms with Gasteiger partial charge in [-0.05, 0) is 35.7 Å². The zero-order valence-electron chi connectivity index (χ0n) is 10.1. The van der Waals surface area contributed by atoms with Crippen LogP contribution in [0, 0.1) is 12.7 Å². The van der Waals surface area contributed by atoms with E-state index in [2.05, 4.69) is 15.9 Å². The smallest absolute Gasteiger partial charge is 0.127 e. The lowest BCUT2D eigenvalue weighted by Gasteiger charge is -2.09. The molecule has 0 amide bonds. The van der Waals surface area contributed by atoms with Gasteiger partial charge < -0.3 is 4.74 Å². The highest BCUT2D eigenvalue weighted by Gasteiger charge is 2.03. The van der Waals surface area contributed by atoms with E-state index in [1.54, 1.807) is 0 Å². The summed E-state index contributed by atoms with van der Waals surface area (Å²) in [7, 11) is 0. The molecule has 0 bridgehead atoms. The Morgan fingerprint density at radius 3 is 2.67 bits per heavy atom. The second-order valence-corrected chi connectivity index (χ2v) is 4.70. The van der Waals surface area contributed by atoms with E-state index in [-0.39, 0.29) is 5.82 Å². The zero-order valence-corrected chi connectivity index (χ0v) is 11.7. The lowest BCUT2D eigenvalue weighted by atomic mass is 10.1. The van der Waals surface area contributed by atoms with Crippen molar-refractivity contribution in [1.29, 1.82) is 0 Å². The minimum Gasteiger partial charge on any atom is -0.489 e. The summed E-state index contributed by atoms with van der Waals surface area (Å²) in [5.41, 5.74) is 3.16. The molecule has 0 spiro atoms. The number of ether oxygens (including phenoxy) is 1. The molecular formula is C15H14BrFO. The highest BCUT2D eigenvalue weighted by Crippen LogP contribution is 2.20. The van der Waals surface area contributed by atoms with Crippen molar-refractivity contribution in [2.24, 2.45) is 0 Å². The Bertz CT molecular complexity index is 540. The van der Waals surface area contributed by atoms with Crippen LogP contribution in [0.3, 0.4) is 0 Å². The molecule has 0 atom stereocenters. The van der Waals surface area contributed by atoms with Crippen LogP contribution < -0.4 is 4.74 Å². The largest absolute Gasteiger partial charge is 0.489 e. The minimum atomic E-state index is -0.272. The van der Waals surface area contributed by atoms with Crippen molar-refractivity contribution < 1.29 is 9.13 Å². The molecule has 0 saturated heterocycles. The Hall–Kier alpha value is -1.35. The second kappa shape index (κ2) is 6.01. The Balaban J connectivity index is 2.11. The van der Waals surface area contributed by atoms with E-state index in [1.807, 2.05) is 37.3 Å². The van der Waals surface area contributed by atoms with Crippen molar-refractivity contribution in [3.8, 4) is 5.75 Å². The fourth-order valence-corrected chi connectivity index (χ4v) is 2.04. The Morgan fingerprint density at radius 1 is 1.17 bits per heavy atom. The van der Waals surface area contributed by atoms with Crippen LogP contribution in [-0.2, 0) is 11.9 Å². The summed E-state index contributed by atoms with van der Waals surface area (Å²) in [6, 6.07) is 12.8. The summed E-state index contributed by atoms with van der Waals surface area (Å²) in [6.45, 7) is 2.49. The van der Waals surface area contributed by atoms with Gasteiger partial charge in [0, 0.05) is 11.4 Å². The molecule has 2 rings (SSSR count). The number of hydrogen-bond donors (Lipinski definition) is 0. The summed E-state index contributed by atoms with van der Waals surface area (Å²) in [5.74, 6) is 0.291. The summed E-state index contributed by atoms with van der Waals surface area (Å²) in [6.07, 6.45) is 0. The first-order valence-electron chi connectivity index (χ1n) is 5.72. The van der Waals surface area contributed by atoms with E-state index in [4.69, 9.17) is 4.74 Å². The summed E-state index contributed by atoms with van der Waals surface area (Å²) in [5, 5.41) is 0.617. The van der Waals surface area contributed by atoms with E-state index < -0.39 is 0 Å². The molecule has 0 aromatic heterocycles. The highest BCUT2D eigenvalue weighted by molar-refractivity contribution is 9.08. The molecule has 0 aliphatic heterocycles. The molecule has 0 N–H and O–H groups in total. The second-order valence-electron chi connectivity index (χ2n) is 4.14. The van der Waals surface area contributed by atoms with Crippen LogP contribution in [0.1, 0.15) is 16.7 Å². The zero-order chi connectivity index (χ0) is 13.0. The Morgan fingerprint density at radius 2 is 1.94 bits per heavy atom. The normalized spacial score (nSPS) is 10.4. The van der Waals surface area contributed by atoms with Gasteiger partial charge in [-0.1, -0.05) is 40.2 Å². The number of halogens is 2. The number of benzene rings is 2. The molecule has 0 aliphatic carbocycles. The summed E-state index contributed by atoms with van der Waals surface area (Å²) >= 11 is 3.31. The lowest BCUT2D eigenvalue weighted by molar-refractivity contribution is 0.303. The Labute approximate surface area is 115 Å². The van der Waals surface area contributed by atoms with Crippen molar-refractivity contribution in [2.75, 3.05) is 0 Å². The van der Waals surface area contributed by atoms with Crippen LogP contribution in [0.25, 0.3) is 0 Å². The van der Waals surface area contributed by atoms with Gasteiger partial charge in [0.05, 0.1) is 0 Å². The minimum absolute atomic E-state index is 0.272. The topological polar surface area (TPSA) is 9.23 Å². The van der Waals surface area contributed by atoms with Crippen LogP contribution in [0.5, 0.6) is 5.75 Å². The van der Waals surface area contributed by atoms with Gasteiger partial charge >= 0.3 is 0 Å². The van der Waals surface area contributed by atoms with Gasteiger partial charge in [0.2, 0.25) is 0 Å². The molecule has 3 heteroatoms. The highest BCUT2D eigenvalue weighted by atomic mass is 79.9. The fourth-order valence-electron chi connectivity index (χ4n) is 1.71. The predicted molar refractivity (Wildman–Crippen MR) is 74.5 cm³/mol. The van der Waals surface area contributed by atoms with Crippen molar-refractivity contribution in [1.82, 2.24) is 0 Å². The summed E-state index contributed by atoms with van der Waals surface area (Å²) < 4.78 is 19.0. The van der Waals surface area contributed by atoms with Crippen molar-refractivity contribution in [3.63, 3.8) is 0 Å². The van der Waals surface area contributed by atoms with E-state index in [1.165, 1.54) is 17.7 Å². The lowest BCUT2D eigenvalue weighted by Crippen LogP contribution is -1.98. The van der Waals surface area contributed by atoms with Gasteiger partial charge in [0.15, 0.2) is 0 Å². The van der Waals surface area contributed by atoms with Crippen LogP contribution in [-0.4, -0.2) is 0 Å². The molecule has 94 valence electrons.